The zero-order chi connectivity index (χ0) is 10.7. The third kappa shape index (κ3) is 3.99. The number of hydrogen-bond donors (Lipinski definition) is 2. The molecule has 2 unspecified atom stereocenters. The van der Waals surface area contributed by atoms with Gasteiger partial charge >= 0.3 is 0 Å². The van der Waals surface area contributed by atoms with Gasteiger partial charge in [-0.25, -0.2) is 0 Å². The summed E-state index contributed by atoms with van der Waals surface area (Å²) in [6.07, 6.45) is -0.618. The Labute approximate surface area is 102 Å². The SMILES string of the molecule is CC(C)C(N)C(O)c1ccc(Cl)cc1.Cl. The van der Waals surface area contributed by atoms with Crippen molar-refractivity contribution in [3.8, 4) is 0 Å². The van der Waals surface area contributed by atoms with Crippen LogP contribution in [0.1, 0.15) is 25.5 Å². The molecule has 0 aromatic heterocycles. The minimum atomic E-state index is -0.618. The van der Waals surface area contributed by atoms with Gasteiger partial charge in [0.25, 0.3) is 0 Å². The van der Waals surface area contributed by atoms with Crippen LogP contribution in [0.3, 0.4) is 0 Å². The van der Waals surface area contributed by atoms with E-state index in [1.807, 2.05) is 13.8 Å². The van der Waals surface area contributed by atoms with Crippen LogP contribution in [0.15, 0.2) is 24.3 Å². The fourth-order valence-corrected chi connectivity index (χ4v) is 1.37. The standard InChI is InChI=1S/C11H16ClNO.ClH/c1-7(2)10(13)11(14)8-3-5-9(12)6-4-8;/h3-7,10-11,14H,13H2,1-2H3;1H. The molecule has 0 radical (unpaired) electrons. The zero-order valence-electron chi connectivity index (χ0n) is 8.85. The molecule has 1 aromatic carbocycles. The molecule has 1 rings (SSSR count). The van der Waals surface area contributed by atoms with Gasteiger partial charge in [0, 0.05) is 11.1 Å². The lowest BCUT2D eigenvalue weighted by atomic mass is 9.94. The molecule has 2 nitrogen and oxygen atoms in total. The lowest BCUT2D eigenvalue weighted by Crippen LogP contribution is -2.33. The van der Waals surface area contributed by atoms with E-state index >= 15 is 0 Å². The predicted octanol–water partition coefficient (Wildman–Crippen LogP) is 2.78. The largest absolute Gasteiger partial charge is 0.387 e. The number of aliphatic hydroxyl groups excluding tert-OH is 1. The average Bonchev–Trinajstić information content (AvgIpc) is 2.16. The molecule has 0 amide bonds. The van der Waals surface area contributed by atoms with Crippen molar-refractivity contribution in [1.29, 1.82) is 0 Å². The lowest BCUT2D eigenvalue weighted by molar-refractivity contribution is 0.126. The summed E-state index contributed by atoms with van der Waals surface area (Å²) in [6, 6.07) is 6.88. The maximum absolute atomic E-state index is 9.88. The van der Waals surface area contributed by atoms with Crippen LogP contribution in [0.2, 0.25) is 5.02 Å². The molecule has 0 heterocycles. The molecule has 1 aromatic rings. The van der Waals surface area contributed by atoms with Crippen LogP contribution in [-0.2, 0) is 0 Å². The third-order valence-corrected chi connectivity index (χ3v) is 2.60. The molecular weight excluding hydrogens is 233 g/mol. The minimum absolute atomic E-state index is 0. The van der Waals surface area contributed by atoms with Crippen LogP contribution in [0.4, 0.5) is 0 Å². The average molecular weight is 250 g/mol. The van der Waals surface area contributed by atoms with Crippen LogP contribution in [0.5, 0.6) is 0 Å². The molecule has 0 aliphatic carbocycles. The van der Waals surface area contributed by atoms with Crippen LogP contribution in [0, 0.1) is 5.92 Å². The Morgan fingerprint density at radius 3 is 2.07 bits per heavy atom. The highest BCUT2D eigenvalue weighted by Gasteiger charge is 2.19. The fraction of sp³-hybridized carbons (Fsp3) is 0.455. The highest BCUT2D eigenvalue weighted by Crippen LogP contribution is 2.21. The Balaban J connectivity index is 0.00000196. The van der Waals surface area contributed by atoms with Crippen molar-refractivity contribution in [1.82, 2.24) is 0 Å². The van der Waals surface area contributed by atoms with E-state index in [1.165, 1.54) is 0 Å². The first kappa shape index (κ1) is 14.7. The van der Waals surface area contributed by atoms with E-state index in [9.17, 15) is 5.11 Å². The van der Waals surface area contributed by atoms with E-state index in [1.54, 1.807) is 24.3 Å². The summed E-state index contributed by atoms with van der Waals surface area (Å²) in [7, 11) is 0. The van der Waals surface area contributed by atoms with Gasteiger partial charge in [0.05, 0.1) is 6.10 Å². The quantitative estimate of drug-likeness (QED) is 0.866. The molecule has 0 saturated heterocycles. The van der Waals surface area contributed by atoms with Gasteiger partial charge in [-0.05, 0) is 23.6 Å². The Morgan fingerprint density at radius 1 is 1.20 bits per heavy atom. The first-order valence-corrected chi connectivity index (χ1v) is 5.09. The second kappa shape index (κ2) is 6.33. The van der Waals surface area contributed by atoms with Crippen molar-refractivity contribution in [3.05, 3.63) is 34.9 Å². The molecular formula is C11H17Cl2NO. The summed E-state index contributed by atoms with van der Waals surface area (Å²) in [5.74, 6) is 0.251. The fourth-order valence-electron chi connectivity index (χ4n) is 1.25. The number of rotatable bonds is 3. The Bertz CT molecular complexity index is 287. The third-order valence-electron chi connectivity index (χ3n) is 2.35. The summed E-state index contributed by atoms with van der Waals surface area (Å²) in [5.41, 5.74) is 6.66. The van der Waals surface area contributed by atoms with Gasteiger partial charge in [0.2, 0.25) is 0 Å². The van der Waals surface area contributed by atoms with Gasteiger partial charge in [-0.1, -0.05) is 37.6 Å². The molecule has 0 saturated carbocycles. The first-order valence-electron chi connectivity index (χ1n) is 4.71. The number of hydrogen-bond acceptors (Lipinski definition) is 2. The molecule has 86 valence electrons. The van der Waals surface area contributed by atoms with Crippen molar-refractivity contribution >= 4 is 24.0 Å². The molecule has 2 atom stereocenters. The number of benzene rings is 1. The van der Waals surface area contributed by atoms with Crippen molar-refractivity contribution in [3.63, 3.8) is 0 Å². The van der Waals surface area contributed by atoms with Crippen LogP contribution in [-0.4, -0.2) is 11.1 Å². The summed E-state index contributed by atoms with van der Waals surface area (Å²) in [5, 5.41) is 10.5. The summed E-state index contributed by atoms with van der Waals surface area (Å²) in [4.78, 5) is 0. The van der Waals surface area contributed by atoms with Gasteiger partial charge in [0.15, 0.2) is 0 Å². The maximum atomic E-state index is 9.88. The predicted molar refractivity (Wildman–Crippen MR) is 66.5 cm³/mol. The second-order valence-corrected chi connectivity index (χ2v) is 4.25. The smallest absolute Gasteiger partial charge is 0.0943 e. The molecule has 0 spiro atoms. The summed E-state index contributed by atoms with van der Waals surface area (Å²) in [6.45, 7) is 3.98. The van der Waals surface area contributed by atoms with E-state index in [0.717, 1.165) is 5.56 Å². The highest BCUT2D eigenvalue weighted by atomic mass is 35.5. The Hall–Kier alpha value is -0.280. The van der Waals surface area contributed by atoms with E-state index < -0.39 is 6.10 Å². The zero-order valence-corrected chi connectivity index (χ0v) is 10.4. The number of halogens is 2. The van der Waals surface area contributed by atoms with Crippen molar-refractivity contribution in [2.24, 2.45) is 11.7 Å². The van der Waals surface area contributed by atoms with Crippen molar-refractivity contribution in [2.75, 3.05) is 0 Å². The van der Waals surface area contributed by atoms with Gasteiger partial charge in [0.1, 0.15) is 0 Å². The molecule has 0 aliphatic heterocycles. The molecule has 15 heavy (non-hydrogen) atoms. The van der Waals surface area contributed by atoms with Gasteiger partial charge in [-0.3, -0.25) is 0 Å². The van der Waals surface area contributed by atoms with Gasteiger partial charge < -0.3 is 10.8 Å². The van der Waals surface area contributed by atoms with E-state index in [0.29, 0.717) is 5.02 Å². The summed E-state index contributed by atoms with van der Waals surface area (Å²) >= 11 is 5.75. The Morgan fingerprint density at radius 2 is 1.67 bits per heavy atom. The number of nitrogens with two attached hydrogens (primary N) is 1. The normalized spacial score (nSPS) is 14.5. The monoisotopic (exact) mass is 249 g/mol. The van der Waals surface area contributed by atoms with Crippen molar-refractivity contribution < 1.29 is 5.11 Å². The lowest BCUT2D eigenvalue weighted by Gasteiger charge is -2.22. The molecule has 4 heteroatoms. The number of aliphatic hydroxyl groups is 1. The molecule has 0 fully saturated rings. The maximum Gasteiger partial charge on any atom is 0.0943 e. The van der Waals surface area contributed by atoms with E-state index in [-0.39, 0.29) is 24.4 Å². The molecule has 0 aliphatic rings. The van der Waals surface area contributed by atoms with Crippen LogP contribution >= 0.6 is 24.0 Å². The topological polar surface area (TPSA) is 46.2 Å². The summed E-state index contributed by atoms with van der Waals surface area (Å²) < 4.78 is 0. The van der Waals surface area contributed by atoms with Crippen LogP contribution < -0.4 is 5.73 Å². The van der Waals surface area contributed by atoms with Crippen LogP contribution in [0.25, 0.3) is 0 Å². The first-order chi connectivity index (χ1) is 6.52. The van der Waals surface area contributed by atoms with Gasteiger partial charge in [-0.2, -0.15) is 0 Å². The van der Waals surface area contributed by atoms with Gasteiger partial charge in [-0.15, -0.1) is 12.4 Å². The second-order valence-electron chi connectivity index (χ2n) is 3.82. The Kier molecular flexibility index (Phi) is 6.22. The highest BCUT2D eigenvalue weighted by molar-refractivity contribution is 6.30. The van der Waals surface area contributed by atoms with Crippen molar-refractivity contribution in [2.45, 2.75) is 26.0 Å². The minimum Gasteiger partial charge on any atom is -0.387 e. The molecule has 0 bridgehead atoms. The van der Waals surface area contributed by atoms with E-state index in [2.05, 4.69) is 0 Å². The molecule has 3 N–H and O–H groups in total. The van der Waals surface area contributed by atoms with E-state index in [4.69, 9.17) is 17.3 Å².